The van der Waals surface area contributed by atoms with Crippen molar-refractivity contribution in [1.82, 2.24) is 0 Å². The van der Waals surface area contributed by atoms with Crippen molar-refractivity contribution in [2.24, 2.45) is 5.92 Å². The van der Waals surface area contributed by atoms with Crippen LogP contribution in [0, 0.1) is 5.92 Å². The lowest BCUT2D eigenvalue weighted by molar-refractivity contribution is -0.119. The van der Waals surface area contributed by atoms with E-state index in [0.29, 0.717) is 11.3 Å². The zero-order valence-corrected chi connectivity index (χ0v) is 11.3. The minimum atomic E-state index is -0.456. The Morgan fingerprint density at radius 2 is 2.10 bits per heavy atom. The molecule has 0 aromatic heterocycles. The summed E-state index contributed by atoms with van der Waals surface area (Å²) in [6.45, 7) is 0. The number of anilines is 1. The van der Waals surface area contributed by atoms with Crippen molar-refractivity contribution >= 4 is 17.6 Å². The standard InChI is InChI=1S/C15H15NO4/c1-19-13-8-11(5-6-12(13)15(18)20-2)16-10-4-3-9(7-10)14(16)17/h3-6,8-10H,7H2,1-2H3. The van der Waals surface area contributed by atoms with Gasteiger partial charge in [-0.3, -0.25) is 4.79 Å². The molecule has 1 aliphatic heterocycles. The number of benzene rings is 1. The van der Waals surface area contributed by atoms with Crippen molar-refractivity contribution in [3.8, 4) is 5.75 Å². The molecule has 1 aromatic carbocycles. The van der Waals surface area contributed by atoms with Gasteiger partial charge in [0.1, 0.15) is 11.3 Å². The smallest absolute Gasteiger partial charge is 0.341 e. The van der Waals surface area contributed by atoms with Crippen LogP contribution in [0.25, 0.3) is 0 Å². The quantitative estimate of drug-likeness (QED) is 0.622. The lowest BCUT2D eigenvalue weighted by atomic mass is 10.1. The predicted molar refractivity (Wildman–Crippen MR) is 72.9 cm³/mol. The summed E-state index contributed by atoms with van der Waals surface area (Å²) >= 11 is 0. The van der Waals surface area contributed by atoms with Gasteiger partial charge in [0.25, 0.3) is 0 Å². The minimum absolute atomic E-state index is 0.00808. The number of esters is 1. The number of ether oxygens (including phenoxy) is 2. The molecule has 0 radical (unpaired) electrons. The minimum Gasteiger partial charge on any atom is -0.496 e. The number of nitrogens with zero attached hydrogens (tertiary/aromatic N) is 1. The van der Waals surface area contributed by atoms with Gasteiger partial charge in [0, 0.05) is 11.8 Å². The molecular weight excluding hydrogens is 258 g/mol. The fraction of sp³-hybridized carbons (Fsp3) is 0.333. The molecule has 1 heterocycles. The van der Waals surface area contributed by atoms with E-state index in [1.54, 1.807) is 23.1 Å². The monoisotopic (exact) mass is 273 g/mol. The molecule has 0 N–H and O–H groups in total. The Kier molecular flexibility index (Phi) is 2.97. The van der Waals surface area contributed by atoms with Gasteiger partial charge in [0.05, 0.1) is 26.2 Å². The van der Waals surface area contributed by atoms with E-state index in [1.807, 2.05) is 12.2 Å². The molecule has 2 atom stereocenters. The van der Waals surface area contributed by atoms with E-state index in [4.69, 9.17) is 9.47 Å². The van der Waals surface area contributed by atoms with Gasteiger partial charge in [0.2, 0.25) is 5.91 Å². The Morgan fingerprint density at radius 1 is 1.30 bits per heavy atom. The maximum atomic E-state index is 12.2. The molecule has 1 aliphatic carbocycles. The Morgan fingerprint density at radius 3 is 2.70 bits per heavy atom. The number of fused-ring (bicyclic) bond motifs is 2. The number of hydrogen-bond donors (Lipinski definition) is 0. The zero-order valence-electron chi connectivity index (χ0n) is 11.3. The molecule has 3 rings (SSSR count). The lowest BCUT2D eigenvalue weighted by Gasteiger charge is -2.25. The fourth-order valence-electron chi connectivity index (χ4n) is 2.82. The first kappa shape index (κ1) is 12.7. The number of carbonyl (C=O) groups excluding carboxylic acids is 2. The Balaban J connectivity index is 1.98. The van der Waals surface area contributed by atoms with E-state index >= 15 is 0 Å². The van der Waals surface area contributed by atoms with Gasteiger partial charge in [-0.05, 0) is 18.6 Å². The Bertz CT molecular complexity index is 608. The fourth-order valence-corrected chi connectivity index (χ4v) is 2.82. The molecule has 20 heavy (non-hydrogen) atoms. The second kappa shape index (κ2) is 4.67. The van der Waals surface area contributed by atoms with Crippen molar-refractivity contribution in [2.45, 2.75) is 12.5 Å². The average molecular weight is 273 g/mol. The normalized spacial score (nSPS) is 23.3. The second-order valence-corrected chi connectivity index (χ2v) is 4.88. The largest absolute Gasteiger partial charge is 0.496 e. The van der Waals surface area contributed by atoms with Crippen LogP contribution in [-0.2, 0) is 9.53 Å². The highest BCUT2D eigenvalue weighted by Crippen LogP contribution is 2.38. The number of rotatable bonds is 3. The van der Waals surface area contributed by atoms with Crippen molar-refractivity contribution in [3.63, 3.8) is 0 Å². The van der Waals surface area contributed by atoms with Gasteiger partial charge in [-0.1, -0.05) is 12.2 Å². The van der Waals surface area contributed by atoms with Crippen LogP contribution in [0.1, 0.15) is 16.8 Å². The van der Waals surface area contributed by atoms with Crippen molar-refractivity contribution in [3.05, 3.63) is 35.9 Å². The topological polar surface area (TPSA) is 55.8 Å². The van der Waals surface area contributed by atoms with Crippen LogP contribution in [0.5, 0.6) is 5.75 Å². The third-order valence-electron chi connectivity index (χ3n) is 3.82. The SMILES string of the molecule is COC(=O)c1ccc(N2C(=O)C3C=CC2C3)cc1OC. The highest BCUT2D eigenvalue weighted by Gasteiger charge is 2.41. The molecule has 2 unspecified atom stereocenters. The molecule has 1 saturated heterocycles. The summed E-state index contributed by atoms with van der Waals surface area (Å²) in [4.78, 5) is 25.6. The van der Waals surface area contributed by atoms with E-state index in [1.165, 1.54) is 14.2 Å². The van der Waals surface area contributed by atoms with Crippen LogP contribution in [0.4, 0.5) is 5.69 Å². The molecule has 5 nitrogen and oxygen atoms in total. The molecule has 0 saturated carbocycles. The first-order valence-electron chi connectivity index (χ1n) is 6.43. The van der Waals surface area contributed by atoms with Crippen LogP contribution in [0.2, 0.25) is 0 Å². The van der Waals surface area contributed by atoms with E-state index in [9.17, 15) is 9.59 Å². The van der Waals surface area contributed by atoms with Gasteiger partial charge < -0.3 is 14.4 Å². The third-order valence-corrected chi connectivity index (χ3v) is 3.82. The number of carbonyl (C=O) groups is 2. The van der Waals surface area contributed by atoms with Crippen molar-refractivity contribution in [1.29, 1.82) is 0 Å². The molecule has 2 aliphatic rings. The van der Waals surface area contributed by atoms with Crippen molar-refractivity contribution < 1.29 is 19.1 Å². The summed E-state index contributed by atoms with van der Waals surface area (Å²) < 4.78 is 9.93. The number of methoxy groups -OCH3 is 2. The van der Waals surface area contributed by atoms with Gasteiger partial charge in [0.15, 0.2) is 0 Å². The summed E-state index contributed by atoms with van der Waals surface area (Å²) in [6.07, 6.45) is 4.84. The van der Waals surface area contributed by atoms with Gasteiger partial charge in [-0.25, -0.2) is 4.79 Å². The summed E-state index contributed by atoms with van der Waals surface area (Å²) in [5.74, 6) is 0.0492. The maximum absolute atomic E-state index is 12.2. The molecule has 2 bridgehead atoms. The Labute approximate surface area is 116 Å². The molecule has 1 aromatic rings. The van der Waals surface area contributed by atoms with Crippen LogP contribution in [-0.4, -0.2) is 32.1 Å². The maximum Gasteiger partial charge on any atom is 0.341 e. The van der Waals surface area contributed by atoms with Crippen molar-refractivity contribution in [2.75, 3.05) is 19.1 Å². The van der Waals surface area contributed by atoms with E-state index in [2.05, 4.69) is 0 Å². The molecule has 1 fully saturated rings. The summed E-state index contributed by atoms with van der Waals surface area (Å²) in [6, 6.07) is 5.20. The van der Waals surface area contributed by atoms with Crippen LogP contribution in [0.15, 0.2) is 30.4 Å². The second-order valence-electron chi connectivity index (χ2n) is 4.88. The summed E-state index contributed by atoms with van der Waals surface area (Å²) in [5, 5.41) is 0. The molecule has 104 valence electrons. The molecule has 1 amide bonds. The van der Waals surface area contributed by atoms with Crippen LogP contribution in [0.3, 0.4) is 0 Å². The lowest BCUT2D eigenvalue weighted by Crippen LogP contribution is -2.34. The van der Waals surface area contributed by atoms with E-state index in [0.717, 1.165) is 12.1 Å². The Hall–Kier alpha value is -2.30. The highest BCUT2D eigenvalue weighted by molar-refractivity contribution is 6.02. The third kappa shape index (κ3) is 1.78. The van der Waals surface area contributed by atoms with Gasteiger partial charge in [-0.15, -0.1) is 0 Å². The van der Waals surface area contributed by atoms with Gasteiger partial charge in [-0.2, -0.15) is 0 Å². The highest BCUT2D eigenvalue weighted by atomic mass is 16.5. The summed E-state index contributed by atoms with van der Waals surface area (Å²) in [5.41, 5.74) is 1.10. The molecular formula is C15H15NO4. The van der Waals surface area contributed by atoms with Gasteiger partial charge >= 0.3 is 5.97 Å². The predicted octanol–water partition coefficient (Wildman–Crippen LogP) is 1.77. The molecule has 5 heteroatoms. The van der Waals surface area contributed by atoms with Crippen LogP contribution < -0.4 is 9.64 Å². The zero-order chi connectivity index (χ0) is 14.3. The van der Waals surface area contributed by atoms with E-state index in [-0.39, 0.29) is 17.9 Å². The molecule has 0 spiro atoms. The first-order chi connectivity index (χ1) is 9.65. The van der Waals surface area contributed by atoms with Crippen LogP contribution >= 0.6 is 0 Å². The number of hydrogen-bond acceptors (Lipinski definition) is 4. The first-order valence-corrected chi connectivity index (χ1v) is 6.43. The number of amides is 1. The summed E-state index contributed by atoms with van der Waals surface area (Å²) in [7, 11) is 2.81. The van der Waals surface area contributed by atoms with E-state index < -0.39 is 5.97 Å². The average Bonchev–Trinajstić information content (AvgIpc) is 3.06.